The molecule has 0 atom stereocenters. The number of thioether (sulfide) groups is 1. The molecule has 0 aliphatic heterocycles. The van der Waals surface area contributed by atoms with E-state index in [-0.39, 0.29) is 19.0 Å². The number of benzene rings is 1. The number of hydrogen-bond acceptors (Lipinski definition) is 6. The number of carbonyl (C=O) groups excluding carboxylic acids is 1. The van der Waals surface area contributed by atoms with Gasteiger partial charge in [-0.25, -0.2) is 0 Å². The summed E-state index contributed by atoms with van der Waals surface area (Å²) in [5, 5.41) is 6.46. The van der Waals surface area contributed by atoms with Gasteiger partial charge in [0.15, 0.2) is 5.76 Å². The number of nitrogens with zero attached hydrogens (tertiary/aromatic N) is 1. The second-order valence-corrected chi connectivity index (χ2v) is 8.41. The molecular weight excluding hydrogens is 354 g/mol. The number of aromatic nitrogens is 1. The van der Waals surface area contributed by atoms with Gasteiger partial charge < -0.3 is 9.26 Å². The maximum absolute atomic E-state index is 12.0. The SMILES string of the molecule is CC(C)Sc1ccc(CC(=O)OCc2cc(-c3cccs3)on2)cc1. The summed E-state index contributed by atoms with van der Waals surface area (Å²) in [6.45, 7) is 4.43. The first kappa shape index (κ1) is 17.8. The minimum atomic E-state index is -0.273. The molecule has 130 valence electrons. The summed E-state index contributed by atoms with van der Waals surface area (Å²) in [5.41, 5.74) is 1.55. The molecular formula is C19H19NO3S2. The molecule has 0 saturated carbocycles. The quantitative estimate of drug-likeness (QED) is 0.421. The van der Waals surface area contributed by atoms with Crippen molar-refractivity contribution in [1.82, 2.24) is 5.16 Å². The van der Waals surface area contributed by atoms with E-state index in [9.17, 15) is 4.79 Å². The van der Waals surface area contributed by atoms with Gasteiger partial charge in [-0.1, -0.05) is 37.2 Å². The van der Waals surface area contributed by atoms with E-state index in [4.69, 9.17) is 9.26 Å². The Morgan fingerprint density at radius 1 is 1.28 bits per heavy atom. The summed E-state index contributed by atoms with van der Waals surface area (Å²) < 4.78 is 10.6. The lowest BCUT2D eigenvalue weighted by Gasteiger charge is -2.06. The van der Waals surface area contributed by atoms with Crippen molar-refractivity contribution in [3.05, 3.63) is 59.1 Å². The lowest BCUT2D eigenvalue weighted by Crippen LogP contribution is -2.08. The van der Waals surface area contributed by atoms with E-state index < -0.39 is 0 Å². The summed E-state index contributed by atoms with van der Waals surface area (Å²) in [4.78, 5) is 14.2. The van der Waals surface area contributed by atoms with Gasteiger partial charge in [-0.3, -0.25) is 4.79 Å². The summed E-state index contributed by atoms with van der Waals surface area (Å²) in [5.74, 6) is 0.421. The third kappa shape index (κ3) is 5.21. The molecule has 0 spiro atoms. The lowest BCUT2D eigenvalue weighted by molar-refractivity contribution is -0.144. The maximum Gasteiger partial charge on any atom is 0.310 e. The highest BCUT2D eigenvalue weighted by Crippen LogP contribution is 2.25. The van der Waals surface area contributed by atoms with E-state index in [0.29, 0.717) is 16.7 Å². The summed E-state index contributed by atoms with van der Waals surface area (Å²) in [6.07, 6.45) is 0.252. The molecule has 0 unspecified atom stereocenters. The Labute approximate surface area is 155 Å². The number of hydrogen-bond donors (Lipinski definition) is 0. The van der Waals surface area contributed by atoms with Crippen LogP contribution in [0.3, 0.4) is 0 Å². The molecule has 0 N–H and O–H groups in total. The van der Waals surface area contributed by atoms with Gasteiger partial charge in [-0.2, -0.15) is 0 Å². The smallest absolute Gasteiger partial charge is 0.310 e. The zero-order valence-electron chi connectivity index (χ0n) is 14.1. The van der Waals surface area contributed by atoms with Crippen LogP contribution in [0.15, 0.2) is 57.3 Å². The maximum atomic E-state index is 12.0. The first-order chi connectivity index (χ1) is 12.1. The van der Waals surface area contributed by atoms with Gasteiger partial charge in [0.2, 0.25) is 0 Å². The third-order valence-electron chi connectivity index (χ3n) is 3.35. The zero-order chi connectivity index (χ0) is 17.6. The topological polar surface area (TPSA) is 52.3 Å². The molecule has 0 aliphatic rings. The van der Waals surface area contributed by atoms with E-state index in [1.165, 1.54) is 4.90 Å². The number of rotatable bonds is 7. The van der Waals surface area contributed by atoms with Crippen LogP contribution in [0.2, 0.25) is 0 Å². The molecule has 0 amide bonds. The van der Waals surface area contributed by atoms with Crippen LogP contribution in [0.4, 0.5) is 0 Å². The van der Waals surface area contributed by atoms with Crippen molar-refractivity contribution < 1.29 is 14.1 Å². The monoisotopic (exact) mass is 373 g/mol. The Morgan fingerprint density at radius 2 is 2.08 bits per heavy atom. The van der Waals surface area contributed by atoms with Crippen LogP contribution in [0.1, 0.15) is 25.1 Å². The van der Waals surface area contributed by atoms with Gasteiger partial charge >= 0.3 is 5.97 Å². The Balaban J connectivity index is 1.49. The number of thiophene rings is 1. The molecule has 0 aliphatic carbocycles. The Bertz CT molecular complexity index is 808. The molecule has 0 radical (unpaired) electrons. The normalized spacial score (nSPS) is 11.0. The van der Waals surface area contributed by atoms with Crippen molar-refractivity contribution in [3.63, 3.8) is 0 Å². The van der Waals surface area contributed by atoms with Gasteiger partial charge in [-0.05, 0) is 29.1 Å². The molecule has 2 aromatic heterocycles. The van der Waals surface area contributed by atoms with Crippen LogP contribution in [0.5, 0.6) is 0 Å². The number of carbonyl (C=O) groups is 1. The summed E-state index contributed by atoms with van der Waals surface area (Å²) >= 11 is 3.38. The summed E-state index contributed by atoms with van der Waals surface area (Å²) in [7, 11) is 0. The van der Waals surface area contributed by atoms with Crippen LogP contribution in [0.25, 0.3) is 10.6 Å². The fourth-order valence-corrected chi connectivity index (χ4v) is 3.76. The van der Waals surface area contributed by atoms with E-state index in [1.807, 2.05) is 41.8 Å². The Morgan fingerprint density at radius 3 is 2.76 bits per heavy atom. The first-order valence-corrected chi connectivity index (χ1v) is 9.77. The molecule has 1 aromatic carbocycles. The predicted molar refractivity (Wildman–Crippen MR) is 101 cm³/mol. The molecule has 6 heteroatoms. The summed E-state index contributed by atoms with van der Waals surface area (Å²) in [6, 6.07) is 13.7. The number of esters is 1. The first-order valence-electron chi connectivity index (χ1n) is 8.01. The van der Waals surface area contributed by atoms with Crippen LogP contribution >= 0.6 is 23.1 Å². The second-order valence-electron chi connectivity index (χ2n) is 5.81. The van der Waals surface area contributed by atoms with E-state index in [1.54, 1.807) is 29.2 Å². The van der Waals surface area contributed by atoms with Crippen molar-refractivity contribution >= 4 is 29.1 Å². The number of ether oxygens (including phenoxy) is 1. The molecule has 0 saturated heterocycles. The highest BCUT2D eigenvalue weighted by atomic mass is 32.2. The van der Waals surface area contributed by atoms with Crippen LogP contribution in [-0.4, -0.2) is 16.4 Å². The third-order valence-corrected chi connectivity index (χ3v) is 5.25. The zero-order valence-corrected chi connectivity index (χ0v) is 15.7. The Hall–Kier alpha value is -2.05. The lowest BCUT2D eigenvalue weighted by atomic mass is 10.1. The fraction of sp³-hybridized carbons (Fsp3) is 0.263. The molecule has 4 nitrogen and oxygen atoms in total. The van der Waals surface area contributed by atoms with Gasteiger partial charge in [0, 0.05) is 16.2 Å². The minimum absolute atomic E-state index is 0.120. The predicted octanol–water partition coefficient (Wildman–Crippen LogP) is 5.19. The fourth-order valence-electron chi connectivity index (χ4n) is 2.24. The van der Waals surface area contributed by atoms with Crippen molar-refractivity contribution in [2.75, 3.05) is 0 Å². The van der Waals surface area contributed by atoms with Gasteiger partial charge in [0.25, 0.3) is 0 Å². The van der Waals surface area contributed by atoms with Crippen molar-refractivity contribution in [1.29, 1.82) is 0 Å². The van der Waals surface area contributed by atoms with E-state index in [2.05, 4.69) is 19.0 Å². The average molecular weight is 373 g/mol. The van der Waals surface area contributed by atoms with Crippen molar-refractivity contribution in [2.24, 2.45) is 0 Å². The largest absolute Gasteiger partial charge is 0.459 e. The Kier molecular flexibility index (Phi) is 5.94. The highest BCUT2D eigenvalue weighted by Gasteiger charge is 2.11. The molecule has 0 bridgehead atoms. The van der Waals surface area contributed by atoms with Gasteiger partial charge in [0.05, 0.1) is 11.3 Å². The molecule has 25 heavy (non-hydrogen) atoms. The van der Waals surface area contributed by atoms with Crippen LogP contribution < -0.4 is 0 Å². The van der Waals surface area contributed by atoms with Crippen LogP contribution in [0, 0.1) is 0 Å². The molecule has 0 fully saturated rings. The van der Waals surface area contributed by atoms with Crippen molar-refractivity contribution in [3.8, 4) is 10.6 Å². The molecule has 3 aromatic rings. The second kappa shape index (κ2) is 8.36. The van der Waals surface area contributed by atoms with Gasteiger partial charge in [0.1, 0.15) is 12.3 Å². The highest BCUT2D eigenvalue weighted by molar-refractivity contribution is 7.99. The average Bonchev–Trinajstić information content (AvgIpc) is 3.25. The van der Waals surface area contributed by atoms with Crippen LogP contribution in [-0.2, 0) is 22.6 Å². The minimum Gasteiger partial charge on any atom is -0.459 e. The molecule has 3 rings (SSSR count). The standard InChI is InChI=1S/C19H19NO3S2/c1-13(2)25-16-7-5-14(6-8-16)10-19(21)22-12-15-11-17(23-20-15)18-4-3-9-24-18/h3-9,11,13H,10,12H2,1-2H3. The van der Waals surface area contributed by atoms with Gasteiger partial charge in [-0.15, -0.1) is 23.1 Å². The molecule has 2 heterocycles. The van der Waals surface area contributed by atoms with E-state index >= 15 is 0 Å². The van der Waals surface area contributed by atoms with E-state index in [0.717, 1.165) is 10.4 Å². The van der Waals surface area contributed by atoms with Crippen molar-refractivity contribution in [2.45, 2.75) is 37.0 Å².